The first kappa shape index (κ1) is 27.3. The maximum Gasteiger partial charge on any atom is 0.260 e. The van der Waals surface area contributed by atoms with Gasteiger partial charge >= 0.3 is 0 Å². The first-order valence-corrected chi connectivity index (χ1v) is 14.6. The van der Waals surface area contributed by atoms with Crippen LogP contribution in [0.15, 0.2) is 41.3 Å². The van der Waals surface area contributed by atoms with Crippen LogP contribution >= 0.6 is 11.3 Å². The van der Waals surface area contributed by atoms with Gasteiger partial charge in [-0.05, 0) is 76.3 Å². The molecule has 1 saturated heterocycles. The fourth-order valence-corrected chi connectivity index (χ4v) is 7.01. The number of hydrogen-bond donors (Lipinski definition) is 0. The highest BCUT2D eigenvalue weighted by molar-refractivity contribution is 7.89. The number of benzene rings is 2. The zero-order valence-corrected chi connectivity index (χ0v) is 23.4. The van der Waals surface area contributed by atoms with Gasteiger partial charge in [0.1, 0.15) is 21.7 Å². The van der Waals surface area contributed by atoms with E-state index >= 15 is 0 Å². The third-order valence-corrected chi connectivity index (χ3v) is 9.42. The maximum atomic E-state index is 13.7. The Bertz CT molecular complexity index is 1290. The van der Waals surface area contributed by atoms with Gasteiger partial charge in [-0.15, -0.1) is 0 Å². The summed E-state index contributed by atoms with van der Waals surface area (Å²) in [5.74, 6) is 1.02. The van der Waals surface area contributed by atoms with E-state index in [0.29, 0.717) is 47.3 Å². The van der Waals surface area contributed by atoms with Crippen molar-refractivity contribution in [1.82, 2.24) is 14.2 Å². The standard InChI is InChI=1S/C26H34N4O5S2/c1-28(2)15-8-18-30(26-27-23-21(34-3)13-14-22(35-4)24(23)36-26)25(31)19-9-11-20(12-10-19)37(32,33)29-16-6-5-7-17-29/h9-14H,5-8,15-18H2,1-4H3. The summed E-state index contributed by atoms with van der Waals surface area (Å²) in [6, 6.07) is 9.85. The maximum absolute atomic E-state index is 13.7. The van der Waals surface area contributed by atoms with Crippen LogP contribution in [0.3, 0.4) is 0 Å². The molecular weight excluding hydrogens is 512 g/mol. The molecule has 1 aliphatic heterocycles. The Morgan fingerprint density at radius 3 is 2.24 bits per heavy atom. The van der Waals surface area contributed by atoms with Crippen molar-refractivity contribution in [3.8, 4) is 11.5 Å². The molecule has 0 unspecified atom stereocenters. The molecule has 200 valence electrons. The van der Waals surface area contributed by atoms with Crippen molar-refractivity contribution < 1.29 is 22.7 Å². The lowest BCUT2D eigenvalue weighted by molar-refractivity contribution is 0.0986. The van der Waals surface area contributed by atoms with Gasteiger partial charge in [-0.2, -0.15) is 4.31 Å². The number of amides is 1. The summed E-state index contributed by atoms with van der Waals surface area (Å²) in [5, 5.41) is 0.534. The van der Waals surface area contributed by atoms with Gasteiger partial charge in [0.05, 0.1) is 19.1 Å². The quantitative estimate of drug-likeness (QED) is 0.378. The molecular formula is C26H34N4O5S2. The van der Waals surface area contributed by atoms with E-state index < -0.39 is 10.0 Å². The van der Waals surface area contributed by atoms with Gasteiger partial charge in [0.2, 0.25) is 10.0 Å². The summed E-state index contributed by atoms with van der Waals surface area (Å²) < 4.78 is 39.4. The summed E-state index contributed by atoms with van der Waals surface area (Å²) in [6.07, 6.45) is 3.53. The number of sulfonamides is 1. The Hall–Kier alpha value is -2.73. The molecule has 3 aromatic rings. The van der Waals surface area contributed by atoms with E-state index in [0.717, 1.165) is 36.9 Å². The number of fused-ring (bicyclic) bond motifs is 1. The smallest absolute Gasteiger partial charge is 0.260 e. The molecule has 37 heavy (non-hydrogen) atoms. The third-order valence-electron chi connectivity index (χ3n) is 6.42. The number of carbonyl (C=O) groups is 1. The minimum atomic E-state index is -3.57. The molecule has 0 bridgehead atoms. The first-order valence-electron chi connectivity index (χ1n) is 12.3. The molecule has 1 aliphatic rings. The highest BCUT2D eigenvalue weighted by Gasteiger charge is 2.27. The molecule has 2 heterocycles. The van der Waals surface area contributed by atoms with E-state index in [2.05, 4.69) is 4.90 Å². The van der Waals surface area contributed by atoms with E-state index in [1.807, 2.05) is 20.2 Å². The molecule has 0 spiro atoms. The number of carbonyl (C=O) groups excluding carboxylic acids is 1. The number of aromatic nitrogens is 1. The molecule has 0 radical (unpaired) electrons. The number of nitrogens with zero attached hydrogens (tertiary/aromatic N) is 4. The molecule has 0 aliphatic carbocycles. The zero-order chi connectivity index (χ0) is 26.6. The summed E-state index contributed by atoms with van der Waals surface area (Å²) in [5.41, 5.74) is 1.04. The number of hydrogen-bond acceptors (Lipinski definition) is 8. The number of piperidine rings is 1. The van der Waals surface area contributed by atoms with Crippen LogP contribution in [0, 0.1) is 0 Å². The predicted octanol–water partition coefficient (Wildman–Crippen LogP) is 4.09. The zero-order valence-electron chi connectivity index (χ0n) is 21.8. The Labute approximate surface area is 222 Å². The largest absolute Gasteiger partial charge is 0.495 e. The van der Waals surface area contributed by atoms with Gasteiger partial charge in [0.15, 0.2) is 5.13 Å². The number of anilines is 1. The minimum Gasteiger partial charge on any atom is -0.495 e. The molecule has 0 atom stereocenters. The van der Waals surface area contributed by atoms with E-state index in [9.17, 15) is 13.2 Å². The van der Waals surface area contributed by atoms with Gasteiger partial charge in [-0.3, -0.25) is 9.69 Å². The van der Waals surface area contributed by atoms with Crippen molar-refractivity contribution in [2.75, 3.05) is 59.4 Å². The molecule has 4 rings (SSSR count). The average molecular weight is 547 g/mol. The van der Waals surface area contributed by atoms with Crippen LogP contribution in [0.4, 0.5) is 5.13 Å². The van der Waals surface area contributed by atoms with Crippen molar-refractivity contribution in [3.63, 3.8) is 0 Å². The summed E-state index contributed by atoms with van der Waals surface area (Å²) in [6.45, 7) is 2.32. The molecule has 1 amide bonds. The van der Waals surface area contributed by atoms with Crippen LogP contribution in [0.1, 0.15) is 36.0 Å². The van der Waals surface area contributed by atoms with Gasteiger partial charge in [-0.1, -0.05) is 17.8 Å². The highest BCUT2D eigenvalue weighted by atomic mass is 32.2. The summed E-state index contributed by atoms with van der Waals surface area (Å²) in [7, 11) is 3.59. The lowest BCUT2D eigenvalue weighted by Crippen LogP contribution is -2.35. The molecule has 0 N–H and O–H groups in total. The van der Waals surface area contributed by atoms with Gasteiger partial charge in [-0.25, -0.2) is 13.4 Å². The fourth-order valence-electron chi connectivity index (χ4n) is 4.40. The van der Waals surface area contributed by atoms with Crippen LogP contribution in [-0.2, 0) is 10.0 Å². The molecule has 1 aromatic heterocycles. The summed E-state index contributed by atoms with van der Waals surface area (Å²) >= 11 is 1.37. The second-order valence-electron chi connectivity index (χ2n) is 9.25. The number of thiazole rings is 1. The lowest BCUT2D eigenvalue weighted by Gasteiger charge is -2.26. The minimum absolute atomic E-state index is 0.208. The molecule has 1 fully saturated rings. The van der Waals surface area contributed by atoms with Crippen LogP contribution in [0.25, 0.3) is 10.2 Å². The fraction of sp³-hybridized carbons (Fsp3) is 0.462. The van der Waals surface area contributed by atoms with Crippen molar-refractivity contribution in [1.29, 1.82) is 0 Å². The van der Waals surface area contributed by atoms with Crippen LogP contribution in [0.5, 0.6) is 11.5 Å². The molecule has 9 nitrogen and oxygen atoms in total. The normalized spacial score (nSPS) is 14.7. The number of rotatable bonds is 10. The predicted molar refractivity (Wildman–Crippen MR) is 147 cm³/mol. The second-order valence-corrected chi connectivity index (χ2v) is 12.2. The number of methoxy groups -OCH3 is 2. The SMILES string of the molecule is COc1ccc(OC)c2sc(N(CCCN(C)C)C(=O)c3ccc(S(=O)(=O)N4CCCCC4)cc3)nc12. The van der Waals surface area contributed by atoms with Crippen molar-refractivity contribution >= 4 is 42.6 Å². The van der Waals surface area contributed by atoms with E-state index in [4.69, 9.17) is 14.5 Å². The lowest BCUT2D eigenvalue weighted by atomic mass is 10.2. The Morgan fingerprint density at radius 1 is 0.973 bits per heavy atom. The van der Waals surface area contributed by atoms with Crippen molar-refractivity contribution in [2.45, 2.75) is 30.6 Å². The first-order chi connectivity index (χ1) is 17.8. The number of ether oxygens (including phenoxy) is 2. The monoisotopic (exact) mass is 546 g/mol. The van der Waals surface area contributed by atoms with E-state index in [-0.39, 0.29) is 10.8 Å². The Balaban J connectivity index is 1.66. The van der Waals surface area contributed by atoms with Gasteiger partial charge in [0, 0.05) is 25.2 Å². The van der Waals surface area contributed by atoms with Crippen LogP contribution in [0.2, 0.25) is 0 Å². The Kier molecular flexibility index (Phi) is 8.68. The molecule has 0 saturated carbocycles. The van der Waals surface area contributed by atoms with Gasteiger partial charge in [0.25, 0.3) is 5.91 Å². The van der Waals surface area contributed by atoms with Crippen LogP contribution in [-0.4, -0.2) is 83.0 Å². The Morgan fingerprint density at radius 2 is 1.62 bits per heavy atom. The second kappa shape index (κ2) is 11.8. The highest BCUT2D eigenvalue weighted by Crippen LogP contribution is 2.40. The molecule has 11 heteroatoms. The van der Waals surface area contributed by atoms with Crippen molar-refractivity contribution in [3.05, 3.63) is 42.0 Å². The molecule has 2 aromatic carbocycles. The van der Waals surface area contributed by atoms with Gasteiger partial charge < -0.3 is 14.4 Å². The van der Waals surface area contributed by atoms with E-state index in [1.165, 1.54) is 27.8 Å². The topological polar surface area (TPSA) is 92.3 Å². The van der Waals surface area contributed by atoms with Crippen LogP contribution < -0.4 is 14.4 Å². The van der Waals surface area contributed by atoms with E-state index in [1.54, 1.807) is 37.3 Å². The van der Waals surface area contributed by atoms with Crippen molar-refractivity contribution in [2.24, 2.45) is 0 Å². The third kappa shape index (κ3) is 5.90. The summed E-state index contributed by atoms with van der Waals surface area (Å²) in [4.78, 5) is 22.4. The average Bonchev–Trinajstić information content (AvgIpc) is 3.36.